The van der Waals surface area contributed by atoms with Gasteiger partial charge in [0.15, 0.2) is 0 Å². The molecule has 2 aliphatic heterocycles. The number of aromatic nitrogens is 2. The number of carbonyl (C=O) groups is 2. The molecule has 0 unspecified atom stereocenters. The normalized spacial score (nSPS) is 14.7. The van der Waals surface area contributed by atoms with Gasteiger partial charge in [-0.25, -0.2) is 0 Å². The van der Waals surface area contributed by atoms with Crippen LogP contribution in [0.1, 0.15) is 43.2 Å². The second-order valence-electron chi connectivity index (χ2n) is 11.5. The minimum atomic E-state index is -0.160. The quantitative estimate of drug-likeness (QED) is 0.267. The first-order valence-corrected chi connectivity index (χ1v) is 15.4. The van der Waals surface area contributed by atoms with E-state index < -0.39 is 0 Å². The SMILES string of the molecule is O=C(NCc1cccnc1)c1ccc2n1Cc1ccccc1N(C(=O)c1ccc(-c3ccccc3CN3CCOCC3)cc1)C2. The van der Waals surface area contributed by atoms with Crippen molar-refractivity contribution in [2.24, 2.45) is 0 Å². The first kappa shape index (κ1) is 28.7. The van der Waals surface area contributed by atoms with Gasteiger partial charge in [-0.05, 0) is 64.2 Å². The molecule has 0 saturated carbocycles. The molecule has 2 amide bonds. The number of para-hydroxylation sites is 1. The van der Waals surface area contributed by atoms with Crippen molar-refractivity contribution in [3.63, 3.8) is 0 Å². The number of nitrogens with one attached hydrogen (secondary N) is 1. The molecular weight excluding hydrogens is 562 g/mol. The van der Waals surface area contributed by atoms with Gasteiger partial charge in [-0.15, -0.1) is 0 Å². The monoisotopic (exact) mass is 597 g/mol. The fourth-order valence-corrected chi connectivity index (χ4v) is 6.20. The van der Waals surface area contributed by atoms with Gasteiger partial charge < -0.3 is 19.5 Å². The highest BCUT2D eigenvalue weighted by Gasteiger charge is 2.27. The maximum Gasteiger partial charge on any atom is 0.268 e. The van der Waals surface area contributed by atoms with Gasteiger partial charge in [0.25, 0.3) is 11.8 Å². The average Bonchev–Trinajstić information content (AvgIpc) is 3.41. The Labute approximate surface area is 262 Å². The first-order chi connectivity index (χ1) is 22.1. The second kappa shape index (κ2) is 12.9. The minimum absolute atomic E-state index is 0.0761. The number of hydrogen-bond acceptors (Lipinski definition) is 5. The Morgan fingerprint density at radius 2 is 1.62 bits per heavy atom. The van der Waals surface area contributed by atoms with Crippen LogP contribution >= 0.6 is 0 Å². The molecule has 8 heteroatoms. The van der Waals surface area contributed by atoms with Crippen LogP contribution in [0.4, 0.5) is 5.69 Å². The molecule has 3 aromatic carbocycles. The van der Waals surface area contributed by atoms with E-state index in [0.29, 0.717) is 30.9 Å². The zero-order chi connectivity index (χ0) is 30.6. The van der Waals surface area contributed by atoms with Gasteiger partial charge in [0, 0.05) is 55.5 Å². The van der Waals surface area contributed by atoms with E-state index in [2.05, 4.69) is 39.5 Å². The van der Waals surface area contributed by atoms with E-state index in [9.17, 15) is 9.59 Å². The Morgan fingerprint density at radius 1 is 0.822 bits per heavy atom. The van der Waals surface area contributed by atoms with E-state index in [1.54, 1.807) is 12.4 Å². The summed E-state index contributed by atoms with van der Waals surface area (Å²) >= 11 is 0. The van der Waals surface area contributed by atoms with Gasteiger partial charge in [0.05, 0.1) is 26.3 Å². The highest BCUT2D eigenvalue weighted by molar-refractivity contribution is 6.07. The number of morpholine rings is 1. The summed E-state index contributed by atoms with van der Waals surface area (Å²) in [4.78, 5) is 35.7. The lowest BCUT2D eigenvalue weighted by molar-refractivity contribution is 0.0342. The Kier molecular flexibility index (Phi) is 8.23. The fraction of sp³-hybridized carbons (Fsp3) is 0.216. The van der Waals surface area contributed by atoms with E-state index in [0.717, 1.165) is 60.9 Å². The minimum Gasteiger partial charge on any atom is -0.379 e. The molecule has 2 aromatic heterocycles. The molecule has 226 valence electrons. The summed E-state index contributed by atoms with van der Waals surface area (Å²) in [7, 11) is 0. The average molecular weight is 598 g/mol. The third-order valence-electron chi connectivity index (χ3n) is 8.61. The van der Waals surface area contributed by atoms with E-state index in [1.807, 2.05) is 82.3 Å². The summed E-state index contributed by atoms with van der Waals surface area (Å²) in [5, 5.41) is 3.01. The number of pyridine rings is 1. The van der Waals surface area contributed by atoms with Gasteiger partial charge in [0.1, 0.15) is 5.69 Å². The summed E-state index contributed by atoms with van der Waals surface area (Å²) in [6.45, 7) is 5.51. The lowest BCUT2D eigenvalue weighted by Crippen LogP contribution is -2.35. The van der Waals surface area contributed by atoms with Crippen LogP contribution < -0.4 is 10.2 Å². The maximum atomic E-state index is 14.1. The lowest BCUT2D eigenvalue weighted by Gasteiger charge is -2.27. The Hall–Kier alpha value is -5.05. The van der Waals surface area contributed by atoms with E-state index >= 15 is 0 Å². The molecule has 0 spiro atoms. The van der Waals surface area contributed by atoms with Crippen molar-refractivity contribution in [1.29, 1.82) is 0 Å². The first-order valence-electron chi connectivity index (χ1n) is 15.4. The van der Waals surface area contributed by atoms with Crippen LogP contribution in [0.25, 0.3) is 11.1 Å². The highest BCUT2D eigenvalue weighted by Crippen LogP contribution is 2.31. The molecule has 5 aromatic rings. The van der Waals surface area contributed by atoms with E-state index in [4.69, 9.17) is 4.74 Å². The molecule has 1 N–H and O–H groups in total. The second-order valence-corrected chi connectivity index (χ2v) is 11.5. The number of hydrogen-bond donors (Lipinski definition) is 1. The van der Waals surface area contributed by atoms with Gasteiger partial charge in [0.2, 0.25) is 0 Å². The largest absolute Gasteiger partial charge is 0.379 e. The molecule has 0 bridgehead atoms. The molecule has 7 rings (SSSR count). The van der Waals surface area contributed by atoms with Crippen LogP contribution in [0.5, 0.6) is 0 Å². The van der Waals surface area contributed by atoms with Crippen molar-refractivity contribution in [1.82, 2.24) is 19.8 Å². The molecule has 1 fully saturated rings. The Morgan fingerprint density at radius 3 is 2.44 bits per heavy atom. The molecule has 45 heavy (non-hydrogen) atoms. The highest BCUT2D eigenvalue weighted by atomic mass is 16.5. The molecule has 0 radical (unpaired) electrons. The van der Waals surface area contributed by atoms with Crippen molar-refractivity contribution in [2.45, 2.75) is 26.2 Å². The Balaban J connectivity index is 1.13. The van der Waals surface area contributed by atoms with Crippen LogP contribution in [0.15, 0.2) is 109 Å². The van der Waals surface area contributed by atoms with Crippen LogP contribution in [-0.4, -0.2) is 52.6 Å². The standard InChI is InChI=1S/C37H35N5O3/c43-36(39-23-27-6-5-17-38-22-27)35-16-15-32-26-42(34-10-4-2-8-31(34)25-41(32)35)37(44)29-13-11-28(12-14-29)33-9-3-1-7-30(33)24-40-18-20-45-21-19-40/h1-17,22H,18-21,23-26H2,(H,39,43). The molecule has 0 aliphatic carbocycles. The van der Waals surface area contributed by atoms with Gasteiger partial charge >= 0.3 is 0 Å². The summed E-state index contributed by atoms with van der Waals surface area (Å²) in [6, 6.07) is 31.9. The van der Waals surface area contributed by atoms with Crippen LogP contribution in [0.2, 0.25) is 0 Å². The van der Waals surface area contributed by atoms with Crippen LogP contribution in [-0.2, 0) is 30.9 Å². The van der Waals surface area contributed by atoms with Crippen LogP contribution in [0, 0.1) is 0 Å². The number of fused-ring (bicyclic) bond motifs is 2. The molecular formula is C37H35N5O3. The summed E-state index contributed by atoms with van der Waals surface area (Å²) in [6.07, 6.45) is 3.46. The number of benzene rings is 3. The summed E-state index contributed by atoms with van der Waals surface area (Å²) < 4.78 is 7.54. The van der Waals surface area contributed by atoms with Gasteiger partial charge in [-0.2, -0.15) is 0 Å². The van der Waals surface area contributed by atoms with E-state index in [1.165, 1.54) is 11.1 Å². The number of ether oxygens (including phenoxy) is 1. The number of rotatable bonds is 7. The topological polar surface area (TPSA) is 79.7 Å². The molecule has 8 nitrogen and oxygen atoms in total. The predicted octanol–water partition coefficient (Wildman–Crippen LogP) is 5.52. The van der Waals surface area contributed by atoms with Crippen molar-refractivity contribution < 1.29 is 14.3 Å². The smallest absolute Gasteiger partial charge is 0.268 e. The van der Waals surface area contributed by atoms with Crippen molar-refractivity contribution >= 4 is 17.5 Å². The van der Waals surface area contributed by atoms with Crippen molar-refractivity contribution in [2.75, 3.05) is 31.2 Å². The molecule has 1 saturated heterocycles. The number of carbonyl (C=O) groups excluding carboxylic acids is 2. The van der Waals surface area contributed by atoms with Crippen molar-refractivity contribution in [3.8, 4) is 11.1 Å². The summed E-state index contributed by atoms with van der Waals surface area (Å²) in [5.41, 5.74) is 8.39. The third kappa shape index (κ3) is 6.16. The zero-order valence-corrected chi connectivity index (χ0v) is 25.1. The maximum absolute atomic E-state index is 14.1. The number of nitrogens with zero attached hydrogens (tertiary/aromatic N) is 4. The number of anilines is 1. The molecule has 4 heterocycles. The van der Waals surface area contributed by atoms with E-state index in [-0.39, 0.29) is 11.8 Å². The Bertz CT molecular complexity index is 1810. The third-order valence-corrected chi connectivity index (χ3v) is 8.61. The van der Waals surface area contributed by atoms with Crippen LogP contribution in [0.3, 0.4) is 0 Å². The molecule has 2 aliphatic rings. The molecule has 0 atom stereocenters. The van der Waals surface area contributed by atoms with Gasteiger partial charge in [-0.3, -0.25) is 19.5 Å². The predicted molar refractivity (Wildman–Crippen MR) is 174 cm³/mol. The number of amides is 2. The fourth-order valence-electron chi connectivity index (χ4n) is 6.20. The van der Waals surface area contributed by atoms with Crippen molar-refractivity contribution in [3.05, 3.63) is 143 Å². The van der Waals surface area contributed by atoms with Gasteiger partial charge in [-0.1, -0.05) is 60.7 Å². The summed E-state index contributed by atoms with van der Waals surface area (Å²) in [5.74, 6) is -0.236. The zero-order valence-electron chi connectivity index (χ0n) is 25.1. The lowest BCUT2D eigenvalue weighted by atomic mass is 9.98.